The lowest BCUT2D eigenvalue weighted by atomic mass is 9.85. The van der Waals surface area contributed by atoms with Crippen molar-refractivity contribution in [2.75, 3.05) is 0 Å². The van der Waals surface area contributed by atoms with Crippen LogP contribution < -0.4 is 0 Å². The Morgan fingerprint density at radius 2 is 1.65 bits per heavy atom. The summed E-state index contributed by atoms with van der Waals surface area (Å²) in [5.74, 6) is -4.04. The van der Waals surface area contributed by atoms with Gasteiger partial charge in [0.2, 0.25) is 0 Å². The molecule has 0 fully saturated rings. The molecule has 0 spiro atoms. The Morgan fingerprint density at radius 3 is 2.22 bits per heavy atom. The highest BCUT2D eigenvalue weighted by atomic mass is 19.1. The predicted molar refractivity (Wildman–Crippen MR) is 82.2 cm³/mol. The molecule has 0 aliphatic carbocycles. The summed E-state index contributed by atoms with van der Waals surface area (Å²) in [6, 6.07) is 10.7. The SMILES string of the molecule is CC(C)(CC(=O)c1c(F)ccc(-c2ccccc2)c1F)C(=O)O. The summed E-state index contributed by atoms with van der Waals surface area (Å²) < 4.78 is 28.6. The number of rotatable bonds is 5. The fourth-order valence-electron chi connectivity index (χ4n) is 2.21. The minimum atomic E-state index is -1.40. The third-order valence-electron chi connectivity index (χ3n) is 3.64. The first-order valence-corrected chi connectivity index (χ1v) is 7.04. The number of carboxylic acid groups (broad SMARTS) is 1. The average Bonchev–Trinajstić information content (AvgIpc) is 2.47. The molecule has 120 valence electrons. The van der Waals surface area contributed by atoms with Crippen LogP contribution in [0, 0.1) is 17.0 Å². The smallest absolute Gasteiger partial charge is 0.309 e. The number of carboxylic acids is 1. The van der Waals surface area contributed by atoms with E-state index >= 15 is 0 Å². The molecule has 0 aromatic heterocycles. The van der Waals surface area contributed by atoms with Gasteiger partial charge in [0.15, 0.2) is 5.78 Å². The molecule has 2 rings (SSSR count). The van der Waals surface area contributed by atoms with Crippen molar-refractivity contribution in [1.82, 2.24) is 0 Å². The summed E-state index contributed by atoms with van der Waals surface area (Å²) in [5.41, 5.74) is -1.49. The van der Waals surface area contributed by atoms with E-state index in [2.05, 4.69) is 0 Å². The highest BCUT2D eigenvalue weighted by Crippen LogP contribution is 2.30. The second kappa shape index (κ2) is 6.28. The van der Waals surface area contributed by atoms with Crippen molar-refractivity contribution in [2.45, 2.75) is 20.3 Å². The van der Waals surface area contributed by atoms with Crippen LogP contribution in [-0.2, 0) is 4.79 Å². The summed E-state index contributed by atoms with van der Waals surface area (Å²) in [7, 11) is 0. The van der Waals surface area contributed by atoms with Gasteiger partial charge < -0.3 is 5.11 Å². The average molecular weight is 318 g/mol. The number of benzene rings is 2. The zero-order valence-corrected chi connectivity index (χ0v) is 12.8. The molecule has 0 saturated carbocycles. The predicted octanol–water partition coefficient (Wildman–Crippen LogP) is 4.32. The van der Waals surface area contributed by atoms with Gasteiger partial charge in [0, 0.05) is 12.0 Å². The molecule has 0 radical (unpaired) electrons. The van der Waals surface area contributed by atoms with E-state index in [1.54, 1.807) is 30.3 Å². The van der Waals surface area contributed by atoms with E-state index in [0.29, 0.717) is 5.56 Å². The Hall–Kier alpha value is -2.56. The molecule has 0 amide bonds. The maximum absolute atomic E-state index is 14.6. The first-order valence-electron chi connectivity index (χ1n) is 7.04. The summed E-state index contributed by atoms with van der Waals surface area (Å²) in [6.45, 7) is 2.67. The summed E-state index contributed by atoms with van der Waals surface area (Å²) in [6.07, 6.45) is -0.492. The Labute approximate surface area is 132 Å². The highest BCUT2D eigenvalue weighted by Gasteiger charge is 2.33. The number of hydrogen-bond donors (Lipinski definition) is 1. The summed E-state index contributed by atoms with van der Waals surface area (Å²) in [5, 5.41) is 9.07. The monoisotopic (exact) mass is 318 g/mol. The number of halogens is 2. The number of Topliss-reactive ketones (excluding diaryl/α,β-unsaturated/α-hetero) is 1. The van der Waals surface area contributed by atoms with E-state index in [1.807, 2.05) is 0 Å². The van der Waals surface area contributed by atoms with Crippen LogP contribution >= 0.6 is 0 Å². The van der Waals surface area contributed by atoms with Gasteiger partial charge in [-0.05, 0) is 31.5 Å². The number of hydrogen-bond acceptors (Lipinski definition) is 2. The normalized spacial score (nSPS) is 11.3. The van der Waals surface area contributed by atoms with Gasteiger partial charge >= 0.3 is 5.97 Å². The molecule has 0 saturated heterocycles. The van der Waals surface area contributed by atoms with Crippen LogP contribution in [0.5, 0.6) is 0 Å². The topological polar surface area (TPSA) is 54.4 Å². The summed E-state index contributed by atoms with van der Waals surface area (Å²) in [4.78, 5) is 23.4. The largest absolute Gasteiger partial charge is 0.481 e. The zero-order valence-electron chi connectivity index (χ0n) is 12.8. The first-order chi connectivity index (χ1) is 10.7. The van der Waals surface area contributed by atoms with Crippen molar-refractivity contribution < 1.29 is 23.5 Å². The Balaban J connectivity index is 2.47. The van der Waals surface area contributed by atoms with Crippen molar-refractivity contribution >= 4 is 11.8 Å². The number of carbonyl (C=O) groups excluding carboxylic acids is 1. The molecule has 1 N–H and O–H groups in total. The molecule has 23 heavy (non-hydrogen) atoms. The van der Waals surface area contributed by atoms with Crippen molar-refractivity contribution in [3.05, 3.63) is 59.7 Å². The Morgan fingerprint density at radius 1 is 1.04 bits per heavy atom. The molecule has 5 heteroatoms. The molecule has 0 bridgehead atoms. The van der Waals surface area contributed by atoms with Crippen LogP contribution in [0.4, 0.5) is 8.78 Å². The molecular weight excluding hydrogens is 302 g/mol. The first kappa shape index (κ1) is 16.8. The van der Waals surface area contributed by atoms with Gasteiger partial charge in [-0.15, -0.1) is 0 Å². The lowest BCUT2D eigenvalue weighted by Gasteiger charge is -2.18. The summed E-state index contributed by atoms with van der Waals surface area (Å²) >= 11 is 0. The van der Waals surface area contributed by atoms with E-state index < -0.39 is 40.8 Å². The van der Waals surface area contributed by atoms with Gasteiger partial charge in [-0.25, -0.2) is 8.78 Å². The molecule has 0 atom stereocenters. The molecule has 0 aliphatic heterocycles. The van der Waals surface area contributed by atoms with Crippen LogP contribution in [0.15, 0.2) is 42.5 Å². The van der Waals surface area contributed by atoms with Crippen molar-refractivity contribution in [1.29, 1.82) is 0 Å². The van der Waals surface area contributed by atoms with Crippen LogP contribution in [0.25, 0.3) is 11.1 Å². The molecule has 0 unspecified atom stereocenters. The van der Waals surface area contributed by atoms with E-state index in [-0.39, 0.29) is 5.56 Å². The van der Waals surface area contributed by atoms with Gasteiger partial charge in [-0.3, -0.25) is 9.59 Å². The Bertz CT molecular complexity index is 752. The second-order valence-corrected chi connectivity index (χ2v) is 5.94. The fraction of sp³-hybridized carbons (Fsp3) is 0.222. The molecule has 3 nitrogen and oxygen atoms in total. The van der Waals surface area contributed by atoms with Crippen LogP contribution in [0.2, 0.25) is 0 Å². The van der Waals surface area contributed by atoms with Gasteiger partial charge in [0.1, 0.15) is 11.6 Å². The van der Waals surface area contributed by atoms with Gasteiger partial charge in [-0.1, -0.05) is 30.3 Å². The minimum Gasteiger partial charge on any atom is -0.481 e. The van der Waals surface area contributed by atoms with E-state index in [4.69, 9.17) is 5.11 Å². The molecule has 0 aliphatic rings. The number of ketones is 1. The zero-order chi connectivity index (χ0) is 17.2. The van der Waals surface area contributed by atoms with E-state index in [0.717, 1.165) is 6.07 Å². The molecule has 0 heterocycles. The molecule has 2 aromatic carbocycles. The van der Waals surface area contributed by atoms with Gasteiger partial charge in [-0.2, -0.15) is 0 Å². The molecular formula is C18H16F2O3. The maximum atomic E-state index is 14.6. The standard InChI is InChI=1S/C18H16F2O3/c1-18(2,17(22)23)10-14(21)15-13(19)9-8-12(16(15)20)11-6-4-3-5-7-11/h3-9H,10H2,1-2H3,(H,22,23). The van der Waals surface area contributed by atoms with Gasteiger partial charge in [0.25, 0.3) is 0 Å². The lowest BCUT2D eigenvalue weighted by molar-refractivity contribution is -0.146. The minimum absolute atomic E-state index is 0.100. The van der Waals surface area contributed by atoms with E-state index in [9.17, 15) is 18.4 Å². The number of aliphatic carboxylic acids is 1. The van der Waals surface area contributed by atoms with Crippen LogP contribution in [0.1, 0.15) is 30.6 Å². The van der Waals surface area contributed by atoms with E-state index in [1.165, 1.54) is 19.9 Å². The van der Waals surface area contributed by atoms with Crippen molar-refractivity contribution in [3.8, 4) is 11.1 Å². The molecule has 2 aromatic rings. The second-order valence-electron chi connectivity index (χ2n) is 5.94. The maximum Gasteiger partial charge on any atom is 0.309 e. The van der Waals surface area contributed by atoms with Crippen molar-refractivity contribution in [2.24, 2.45) is 5.41 Å². The fourth-order valence-corrected chi connectivity index (χ4v) is 2.21. The van der Waals surface area contributed by atoms with Crippen molar-refractivity contribution in [3.63, 3.8) is 0 Å². The van der Waals surface area contributed by atoms with Gasteiger partial charge in [0.05, 0.1) is 11.0 Å². The highest BCUT2D eigenvalue weighted by molar-refractivity contribution is 6.00. The third kappa shape index (κ3) is 3.44. The lowest BCUT2D eigenvalue weighted by Crippen LogP contribution is -2.27. The van der Waals surface area contributed by atoms with Crippen LogP contribution in [0.3, 0.4) is 0 Å². The third-order valence-corrected chi connectivity index (χ3v) is 3.64. The quantitative estimate of drug-likeness (QED) is 0.836. The number of carbonyl (C=O) groups is 2. The van der Waals surface area contributed by atoms with Crippen LogP contribution in [-0.4, -0.2) is 16.9 Å². The Kier molecular flexibility index (Phi) is 4.59.